The fourth-order valence-corrected chi connectivity index (χ4v) is 5.15. The normalized spacial score (nSPS) is 8.90. The molecule has 18 N–H and O–H groups in total. The summed E-state index contributed by atoms with van der Waals surface area (Å²) in [6.45, 7) is 0. The topological polar surface area (TPSA) is 558 Å². The van der Waals surface area contributed by atoms with Crippen LogP contribution < -0.4 is 33.1 Å². The van der Waals surface area contributed by atoms with Crippen molar-refractivity contribution in [3.05, 3.63) is 253 Å². The third-order valence-corrected chi connectivity index (χ3v) is 9.12. The monoisotopic (exact) mass is 1270 g/mol. The number of aromatic hydroxyl groups is 4. The summed E-state index contributed by atoms with van der Waals surface area (Å²) >= 11 is 0. The minimum Gasteiger partial charge on any atom is -0.872 e. The summed E-state index contributed by atoms with van der Waals surface area (Å²) in [5, 5.41) is 107. The van der Waals surface area contributed by atoms with Crippen LogP contribution in [-0.2, 0) is 17.1 Å². The van der Waals surface area contributed by atoms with Gasteiger partial charge in [-0.1, -0.05) is 96.4 Å². The maximum absolute atomic E-state index is 10.7. The first-order valence-electron chi connectivity index (χ1n) is 24.0. The van der Waals surface area contributed by atoms with Gasteiger partial charge in [-0.05, 0) is 84.9 Å². The van der Waals surface area contributed by atoms with Gasteiger partial charge < -0.3 is 84.2 Å². The standard InChI is InChI=1S/6C7H6O3.4C4H5N3.Cu/c6*8-6-4-2-1-3-5(6)7(9)10;4*5-4-6-2-1-3-7-4;/h6*1-4,8H,(H,9,10);4*1-3H,(H2,5,6,7);/q;;;;;;;;;;+2/p-2. The molecule has 465 valence electrons. The number of nitrogen functional groups attached to an aromatic ring is 4. The van der Waals surface area contributed by atoms with E-state index in [2.05, 4.69) is 39.9 Å². The number of hydrogen-bond acceptors (Lipinski definition) is 24. The number of aromatic nitrogens is 8. The van der Waals surface area contributed by atoms with E-state index in [9.17, 15) is 39.0 Å². The molecule has 0 fully saturated rings. The molecule has 0 spiro atoms. The number of carboxylic acid groups (broad SMARTS) is 6. The van der Waals surface area contributed by atoms with Crippen molar-refractivity contribution in [1.82, 2.24) is 39.9 Å². The number of benzene rings is 6. The van der Waals surface area contributed by atoms with Gasteiger partial charge in [0.25, 0.3) is 0 Å². The summed E-state index contributed by atoms with van der Waals surface area (Å²) in [7, 11) is 0. The summed E-state index contributed by atoms with van der Waals surface area (Å²) in [6, 6.07) is 41.2. The SMILES string of the molecule is Nc1ncccn1.Nc1ncccn1.Nc1ncccn1.Nc1ncccn1.O=C(O)c1ccccc1O.O=C(O)c1ccccc1O.O=C(O)c1ccccc1O.O=C(O)c1ccccc1O.O=C(O)c1ccccc1[O-].O=C(O)c1ccccc1[O-].[Cu+2]. The van der Waals surface area contributed by atoms with Gasteiger partial charge in [-0.2, -0.15) is 0 Å². The van der Waals surface area contributed by atoms with Gasteiger partial charge in [0, 0.05) is 49.6 Å². The first-order valence-corrected chi connectivity index (χ1v) is 24.0. The molecule has 30 nitrogen and oxygen atoms in total. The summed E-state index contributed by atoms with van der Waals surface area (Å²) in [5.74, 6) is -7.21. The molecule has 6 aromatic carbocycles. The quantitative estimate of drug-likeness (QED) is 0.0912. The zero-order chi connectivity index (χ0) is 65.8. The minimum atomic E-state index is -1.18. The Morgan fingerprint density at radius 1 is 0.258 bits per heavy atom. The minimum absolute atomic E-state index is 0. The second-order valence-corrected chi connectivity index (χ2v) is 15.3. The van der Waals surface area contributed by atoms with Crippen LogP contribution in [0.2, 0.25) is 0 Å². The Kier molecular flexibility index (Phi) is 37.2. The van der Waals surface area contributed by atoms with E-state index in [0.29, 0.717) is 23.8 Å². The molecule has 4 heterocycles. The molecule has 0 amide bonds. The number of phenols is 4. The van der Waals surface area contributed by atoms with Crippen LogP contribution in [0.15, 0.2) is 219 Å². The van der Waals surface area contributed by atoms with Crippen LogP contribution in [0, 0.1) is 0 Å². The van der Waals surface area contributed by atoms with Crippen molar-refractivity contribution >= 4 is 59.6 Å². The molecule has 10 aromatic rings. The summed E-state index contributed by atoms with van der Waals surface area (Å²) < 4.78 is 0. The van der Waals surface area contributed by atoms with E-state index >= 15 is 0 Å². The first-order chi connectivity index (χ1) is 41.9. The van der Waals surface area contributed by atoms with E-state index < -0.39 is 47.3 Å². The molecule has 0 saturated carbocycles. The molecule has 0 unspecified atom stereocenters. The molecule has 31 heteroatoms. The molecule has 0 saturated heterocycles. The molecule has 1 radical (unpaired) electrons. The van der Waals surface area contributed by atoms with Crippen LogP contribution in [0.1, 0.15) is 62.1 Å². The Labute approximate surface area is 514 Å². The molecular weight excluding hydrogens is 1220 g/mol. The van der Waals surface area contributed by atoms with Gasteiger partial charge >= 0.3 is 52.9 Å². The fourth-order valence-electron chi connectivity index (χ4n) is 5.15. The number of rotatable bonds is 6. The van der Waals surface area contributed by atoms with Crippen LogP contribution in [-0.4, -0.2) is 127 Å². The number of carbonyl (C=O) groups is 6. The van der Waals surface area contributed by atoms with E-state index in [-0.39, 0.29) is 73.4 Å². The second kappa shape index (κ2) is 43.6. The molecule has 89 heavy (non-hydrogen) atoms. The molecule has 4 aromatic heterocycles. The fraction of sp³-hybridized carbons (Fsp3) is 0. The van der Waals surface area contributed by atoms with Gasteiger partial charge in [0.1, 0.15) is 45.3 Å². The van der Waals surface area contributed by atoms with Crippen molar-refractivity contribution in [3.63, 3.8) is 0 Å². The Bertz CT molecular complexity index is 3130. The third kappa shape index (κ3) is 33.6. The maximum atomic E-state index is 10.7. The van der Waals surface area contributed by atoms with Gasteiger partial charge in [0.15, 0.2) is 0 Å². The van der Waals surface area contributed by atoms with E-state index in [0.717, 1.165) is 0 Å². The Hall–Kier alpha value is -13.0. The van der Waals surface area contributed by atoms with Crippen molar-refractivity contribution in [2.75, 3.05) is 22.9 Å². The van der Waals surface area contributed by atoms with E-state index in [4.69, 9.17) is 74.0 Å². The molecule has 0 bridgehead atoms. The molecule has 0 aliphatic carbocycles. The van der Waals surface area contributed by atoms with Crippen molar-refractivity contribution in [2.24, 2.45) is 0 Å². The van der Waals surface area contributed by atoms with Crippen molar-refractivity contribution in [1.29, 1.82) is 0 Å². The van der Waals surface area contributed by atoms with Gasteiger partial charge in [0.05, 0.1) is 11.1 Å². The van der Waals surface area contributed by atoms with Crippen molar-refractivity contribution < 1.29 is 107 Å². The van der Waals surface area contributed by atoms with E-state index in [1.54, 1.807) is 122 Å². The predicted octanol–water partition coefficient (Wildman–Crippen LogP) is 5.51. The predicted molar refractivity (Wildman–Crippen MR) is 312 cm³/mol. The molecule has 0 aliphatic rings. The van der Waals surface area contributed by atoms with Crippen molar-refractivity contribution in [3.8, 4) is 34.5 Å². The van der Waals surface area contributed by atoms with E-state index in [1.165, 1.54) is 97.1 Å². The smallest absolute Gasteiger partial charge is 0.872 e. The number of nitrogens with two attached hydrogens (primary N) is 4. The van der Waals surface area contributed by atoms with Crippen LogP contribution in [0.25, 0.3) is 0 Å². The van der Waals surface area contributed by atoms with Gasteiger partial charge in [-0.3, -0.25) is 0 Å². The molecule has 0 atom stereocenters. The molecule has 0 aliphatic heterocycles. The van der Waals surface area contributed by atoms with Crippen LogP contribution in [0.5, 0.6) is 34.5 Å². The summed E-state index contributed by atoms with van der Waals surface area (Å²) in [5.41, 5.74) is 19.9. The zero-order valence-corrected chi connectivity index (χ0v) is 46.7. The number of carboxylic acids is 6. The summed E-state index contributed by atoms with van der Waals surface area (Å²) in [6.07, 6.45) is 12.8. The number of hydrogen-bond donors (Lipinski definition) is 14. The van der Waals surface area contributed by atoms with Crippen LogP contribution in [0.4, 0.5) is 23.8 Å². The number of nitrogens with zero attached hydrogens (tertiary/aromatic N) is 8. The zero-order valence-electron chi connectivity index (χ0n) is 45.7. The summed E-state index contributed by atoms with van der Waals surface area (Å²) in [4.78, 5) is 90.7. The van der Waals surface area contributed by atoms with Crippen LogP contribution >= 0.6 is 0 Å². The van der Waals surface area contributed by atoms with Gasteiger partial charge in [-0.25, -0.2) is 68.6 Å². The number of para-hydroxylation sites is 6. The molecular formula is C58H54CuN12O18. The van der Waals surface area contributed by atoms with Crippen LogP contribution in [0.3, 0.4) is 0 Å². The number of anilines is 4. The van der Waals surface area contributed by atoms with Crippen molar-refractivity contribution in [2.45, 2.75) is 0 Å². The average Bonchev–Trinajstić information content (AvgIpc) is 3.53. The second-order valence-electron chi connectivity index (χ2n) is 15.3. The first kappa shape index (κ1) is 76.0. The Morgan fingerprint density at radius 2 is 0.404 bits per heavy atom. The average molecular weight is 1270 g/mol. The molecule has 10 rings (SSSR count). The van der Waals surface area contributed by atoms with E-state index in [1.807, 2.05) is 0 Å². The largest absolute Gasteiger partial charge is 2.00 e. The van der Waals surface area contributed by atoms with Gasteiger partial charge in [-0.15, -0.1) is 0 Å². The Balaban J connectivity index is 0.000000969. The maximum Gasteiger partial charge on any atom is 2.00 e. The van der Waals surface area contributed by atoms with Gasteiger partial charge in [0.2, 0.25) is 23.8 Å². The number of aromatic carboxylic acids is 6. The third-order valence-electron chi connectivity index (χ3n) is 9.12. The Morgan fingerprint density at radius 3 is 0.506 bits per heavy atom.